The molecule has 8 nitrogen and oxygen atoms in total. The number of rotatable bonds is 10. The molecular formula is C26H23BrIN3O5. The molecule has 2 amide bonds. The molecular weight excluding hydrogens is 641 g/mol. The minimum absolute atomic E-state index is 0.251. The lowest BCUT2D eigenvalue weighted by Gasteiger charge is -2.09. The largest absolute Gasteiger partial charge is 0.494 e. The summed E-state index contributed by atoms with van der Waals surface area (Å²) in [7, 11) is 0. The highest BCUT2D eigenvalue weighted by molar-refractivity contribution is 14.1. The second-order valence-electron chi connectivity index (χ2n) is 7.40. The molecule has 0 unspecified atom stereocenters. The van der Waals surface area contributed by atoms with Crippen molar-refractivity contribution in [3.8, 4) is 11.5 Å². The molecule has 3 rings (SSSR count). The average molecular weight is 664 g/mol. The Balaban J connectivity index is 1.58. The van der Waals surface area contributed by atoms with Crippen molar-refractivity contribution in [2.24, 2.45) is 5.10 Å². The van der Waals surface area contributed by atoms with Gasteiger partial charge in [0.15, 0.2) is 0 Å². The lowest BCUT2D eigenvalue weighted by molar-refractivity contribution is -0.120. The fourth-order valence-corrected chi connectivity index (χ4v) is 3.90. The van der Waals surface area contributed by atoms with Crippen LogP contribution in [-0.2, 0) is 4.79 Å². The lowest BCUT2D eigenvalue weighted by Crippen LogP contribution is -2.35. The summed E-state index contributed by atoms with van der Waals surface area (Å²) >= 11 is 5.43. The first-order valence-corrected chi connectivity index (χ1v) is 12.8. The smallest absolute Gasteiger partial charge is 0.343 e. The summed E-state index contributed by atoms with van der Waals surface area (Å²) in [5.41, 5.74) is 3.66. The predicted molar refractivity (Wildman–Crippen MR) is 149 cm³/mol. The van der Waals surface area contributed by atoms with Crippen LogP contribution in [0.15, 0.2) is 76.3 Å². The molecule has 3 aromatic carbocycles. The van der Waals surface area contributed by atoms with Gasteiger partial charge in [0.25, 0.3) is 11.8 Å². The number of nitrogens with zero attached hydrogens (tertiary/aromatic N) is 1. The number of esters is 1. The van der Waals surface area contributed by atoms with Crippen LogP contribution in [0.5, 0.6) is 11.5 Å². The molecule has 186 valence electrons. The van der Waals surface area contributed by atoms with Crippen molar-refractivity contribution >= 4 is 62.5 Å². The molecule has 0 aliphatic heterocycles. The Morgan fingerprint density at radius 3 is 2.53 bits per heavy atom. The fraction of sp³-hybridized carbons (Fsp3) is 0.154. The van der Waals surface area contributed by atoms with Gasteiger partial charge in [-0.15, -0.1) is 0 Å². The number of ether oxygens (including phenoxy) is 2. The molecule has 0 radical (unpaired) electrons. The van der Waals surface area contributed by atoms with Crippen LogP contribution in [-0.4, -0.2) is 37.1 Å². The van der Waals surface area contributed by atoms with E-state index in [4.69, 9.17) is 9.47 Å². The third kappa shape index (κ3) is 8.16. The Morgan fingerprint density at radius 2 is 1.81 bits per heavy atom. The minimum Gasteiger partial charge on any atom is -0.494 e. The summed E-state index contributed by atoms with van der Waals surface area (Å²) < 4.78 is 12.6. The van der Waals surface area contributed by atoms with Gasteiger partial charge in [-0.3, -0.25) is 9.59 Å². The molecule has 0 aliphatic carbocycles. The van der Waals surface area contributed by atoms with Gasteiger partial charge in [-0.25, -0.2) is 10.2 Å². The number of nitrogens with one attached hydrogen (secondary N) is 2. The third-order valence-electron chi connectivity index (χ3n) is 4.66. The van der Waals surface area contributed by atoms with Crippen molar-refractivity contribution in [2.45, 2.75) is 13.3 Å². The normalized spacial score (nSPS) is 10.6. The van der Waals surface area contributed by atoms with Crippen LogP contribution in [0.25, 0.3) is 0 Å². The number of carbonyl (C=O) groups is 3. The van der Waals surface area contributed by atoms with Gasteiger partial charge in [0.1, 0.15) is 11.5 Å². The number of hydrazone groups is 1. The van der Waals surface area contributed by atoms with E-state index in [1.807, 2.05) is 13.0 Å². The van der Waals surface area contributed by atoms with Crippen LogP contribution in [0.4, 0.5) is 0 Å². The van der Waals surface area contributed by atoms with E-state index < -0.39 is 11.9 Å². The van der Waals surface area contributed by atoms with Crippen LogP contribution in [0.1, 0.15) is 39.6 Å². The van der Waals surface area contributed by atoms with Crippen LogP contribution in [0, 0.1) is 3.57 Å². The Bertz CT molecular complexity index is 1260. The van der Waals surface area contributed by atoms with E-state index in [-0.39, 0.29) is 18.2 Å². The molecule has 0 atom stereocenters. The predicted octanol–water partition coefficient (Wildman–Crippen LogP) is 4.94. The number of benzene rings is 3. The molecule has 0 saturated heterocycles. The molecule has 0 saturated carbocycles. The van der Waals surface area contributed by atoms with E-state index in [0.29, 0.717) is 29.0 Å². The van der Waals surface area contributed by atoms with Crippen molar-refractivity contribution in [3.05, 3.63) is 91.5 Å². The highest BCUT2D eigenvalue weighted by Gasteiger charge is 2.13. The number of hydrogen-bond acceptors (Lipinski definition) is 6. The zero-order valence-electron chi connectivity index (χ0n) is 19.3. The van der Waals surface area contributed by atoms with E-state index in [1.54, 1.807) is 60.7 Å². The van der Waals surface area contributed by atoms with E-state index in [1.165, 1.54) is 6.21 Å². The zero-order valence-corrected chi connectivity index (χ0v) is 23.0. The maximum Gasteiger partial charge on any atom is 0.343 e. The Morgan fingerprint density at radius 1 is 1.06 bits per heavy atom. The summed E-state index contributed by atoms with van der Waals surface area (Å²) in [6.45, 7) is 2.36. The number of halogens is 2. The van der Waals surface area contributed by atoms with Crippen molar-refractivity contribution in [2.75, 3.05) is 13.2 Å². The summed E-state index contributed by atoms with van der Waals surface area (Å²) in [4.78, 5) is 37.0. The maximum atomic E-state index is 12.6. The Hall–Kier alpha value is -3.25. The monoisotopic (exact) mass is 663 g/mol. The van der Waals surface area contributed by atoms with Crippen LogP contribution in [0.3, 0.4) is 0 Å². The first-order chi connectivity index (χ1) is 17.4. The highest BCUT2D eigenvalue weighted by atomic mass is 127. The first-order valence-electron chi connectivity index (χ1n) is 11.0. The fourth-order valence-electron chi connectivity index (χ4n) is 2.89. The molecule has 0 fully saturated rings. The van der Waals surface area contributed by atoms with Gasteiger partial charge < -0.3 is 14.8 Å². The van der Waals surface area contributed by atoms with Crippen LogP contribution >= 0.6 is 38.5 Å². The molecule has 2 N–H and O–H groups in total. The number of hydrogen-bond donors (Lipinski definition) is 2. The van der Waals surface area contributed by atoms with E-state index in [2.05, 4.69) is 54.4 Å². The minimum atomic E-state index is -0.545. The molecule has 0 aliphatic rings. The molecule has 0 heterocycles. The van der Waals surface area contributed by atoms with Gasteiger partial charge >= 0.3 is 5.97 Å². The van der Waals surface area contributed by atoms with Gasteiger partial charge in [-0.2, -0.15) is 5.10 Å². The second kappa shape index (κ2) is 13.7. The van der Waals surface area contributed by atoms with Crippen molar-refractivity contribution in [1.82, 2.24) is 10.7 Å². The summed E-state index contributed by atoms with van der Waals surface area (Å²) in [5.74, 6) is -0.471. The van der Waals surface area contributed by atoms with Gasteiger partial charge in [0.05, 0.1) is 30.5 Å². The molecule has 0 aromatic heterocycles. The topological polar surface area (TPSA) is 106 Å². The SMILES string of the molecule is CCCOc1ccc(C(=O)Oc2ccc(Br)cc2/C=N\NC(=O)CNC(=O)c2ccccc2I)cc1. The van der Waals surface area contributed by atoms with E-state index in [9.17, 15) is 14.4 Å². The Kier molecular flexibility index (Phi) is 10.4. The van der Waals surface area contributed by atoms with E-state index >= 15 is 0 Å². The number of amides is 2. The van der Waals surface area contributed by atoms with Crippen molar-refractivity contribution in [3.63, 3.8) is 0 Å². The molecule has 10 heteroatoms. The average Bonchev–Trinajstić information content (AvgIpc) is 2.88. The summed E-state index contributed by atoms with van der Waals surface area (Å²) in [6.07, 6.45) is 2.24. The quantitative estimate of drug-likeness (QED) is 0.105. The standard InChI is InChI=1S/C26H23BrIN3O5/c1-2-13-35-20-10-7-17(8-11-20)26(34)36-23-12-9-19(27)14-18(23)15-30-31-24(32)16-29-25(33)21-5-3-4-6-22(21)28/h3-12,14-15H,2,13,16H2,1H3,(H,29,33)(H,31,32)/b30-15-. The lowest BCUT2D eigenvalue weighted by atomic mass is 10.2. The van der Waals surface area contributed by atoms with Gasteiger partial charge in [-0.05, 0) is 83.6 Å². The third-order valence-corrected chi connectivity index (χ3v) is 6.09. The van der Waals surface area contributed by atoms with Gasteiger partial charge in [0, 0.05) is 13.6 Å². The van der Waals surface area contributed by atoms with E-state index in [0.717, 1.165) is 14.5 Å². The number of carbonyl (C=O) groups excluding carboxylic acids is 3. The molecule has 0 spiro atoms. The van der Waals surface area contributed by atoms with Crippen molar-refractivity contribution in [1.29, 1.82) is 0 Å². The van der Waals surface area contributed by atoms with Crippen molar-refractivity contribution < 1.29 is 23.9 Å². The van der Waals surface area contributed by atoms with Gasteiger partial charge in [0.2, 0.25) is 0 Å². The van der Waals surface area contributed by atoms with Crippen LogP contribution < -0.4 is 20.2 Å². The van der Waals surface area contributed by atoms with Crippen LogP contribution in [0.2, 0.25) is 0 Å². The van der Waals surface area contributed by atoms with Gasteiger partial charge in [-0.1, -0.05) is 35.0 Å². The summed E-state index contributed by atoms with van der Waals surface area (Å²) in [6, 6.07) is 18.8. The zero-order chi connectivity index (χ0) is 25.9. The maximum absolute atomic E-state index is 12.6. The highest BCUT2D eigenvalue weighted by Crippen LogP contribution is 2.23. The summed E-state index contributed by atoms with van der Waals surface area (Å²) in [5, 5.41) is 6.48. The molecule has 3 aromatic rings. The Labute approximate surface area is 230 Å². The second-order valence-corrected chi connectivity index (χ2v) is 9.48. The first kappa shape index (κ1) is 27.3. The molecule has 0 bridgehead atoms. The molecule has 36 heavy (non-hydrogen) atoms.